The van der Waals surface area contributed by atoms with Gasteiger partial charge in [0.2, 0.25) is 5.95 Å². The number of amides is 1. The van der Waals surface area contributed by atoms with Crippen molar-refractivity contribution >= 4 is 17.5 Å². The molecule has 0 saturated carbocycles. The lowest BCUT2D eigenvalue weighted by molar-refractivity contribution is 0.102. The summed E-state index contributed by atoms with van der Waals surface area (Å²) in [6.07, 6.45) is 0. The van der Waals surface area contributed by atoms with Crippen molar-refractivity contribution < 1.29 is 4.79 Å². The molecule has 1 amide bonds. The minimum Gasteiger partial charge on any atom is -0.347 e. The van der Waals surface area contributed by atoms with Crippen LogP contribution in [0.1, 0.15) is 32.9 Å². The van der Waals surface area contributed by atoms with Crippen molar-refractivity contribution in [1.29, 1.82) is 0 Å². The van der Waals surface area contributed by atoms with E-state index < -0.39 is 0 Å². The van der Waals surface area contributed by atoms with Crippen LogP contribution in [0, 0.1) is 27.7 Å². The molecule has 0 saturated heterocycles. The quantitative estimate of drug-likeness (QED) is 0.946. The molecule has 2 aromatic rings. The fourth-order valence-electron chi connectivity index (χ4n) is 2.15. The second-order valence-electron chi connectivity index (χ2n) is 5.72. The maximum Gasteiger partial charge on any atom is 0.255 e. The van der Waals surface area contributed by atoms with Crippen LogP contribution in [0.4, 0.5) is 11.6 Å². The third-order valence-corrected chi connectivity index (χ3v) is 3.67. The Morgan fingerprint density at radius 2 is 1.59 bits per heavy atom. The molecule has 1 heterocycles. The number of carbonyl (C=O) groups is 1. The first-order valence-electron chi connectivity index (χ1n) is 7.20. The summed E-state index contributed by atoms with van der Waals surface area (Å²) in [6, 6.07) is 5.68. The van der Waals surface area contributed by atoms with E-state index in [1.807, 2.05) is 64.9 Å². The third-order valence-electron chi connectivity index (χ3n) is 3.67. The van der Waals surface area contributed by atoms with Gasteiger partial charge in [-0.3, -0.25) is 4.79 Å². The molecular weight excluding hydrogens is 276 g/mol. The number of aryl methyl sites for hydroxylation is 4. The van der Waals surface area contributed by atoms with Gasteiger partial charge in [0.1, 0.15) is 0 Å². The van der Waals surface area contributed by atoms with Gasteiger partial charge in [-0.1, -0.05) is 6.07 Å². The van der Waals surface area contributed by atoms with E-state index in [1.54, 1.807) is 0 Å². The van der Waals surface area contributed by atoms with Crippen molar-refractivity contribution in [2.75, 3.05) is 24.3 Å². The van der Waals surface area contributed by atoms with Crippen LogP contribution in [0.25, 0.3) is 0 Å². The van der Waals surface area contributed by atoms with E-state index in [0.29, 0.717) is 17.2 Å². The summed E-state index contributed by atoms with van der Waals surface area (Å²) >= 11 is 0. The number of hydrogen-bond donors (Lipinski definition) is 1. The van der Waals surface area contributed by atoms with Crippen LogP contribution in [0.3, 0.4) is 0 Å². The zero-order valence-corrected chi connectivity index (χ0v) is 14.0. The Hall–Kier alpha value is -2.43. The van der Waals surface area contributed by atoms with Crippen LogP contribution in [0.5, 0.6) is 0 Å². The SMILES string of the molecule is Cc1ccc(C(=O)Nc2c(C)nc(N(C)C)nc2C)cc1C. The number of anilines is 2. The molecule has 1 aromatic carbocycles. The highest BCUT2D eigenvalue weighted by atomic mass is 16.1. The minimum atomic E-state index is -0.143. The van der Waals surface area contributed by atoms with Crippen LogP contribution in [0.15, 0.2) is 18.2 Å². The number of carbonyl (C=O) groups excluding carboxylic acids is 1. The van der Waals surface area contributed by atoms with Gasteiger partial charge in [0, 0.05) is 19.7 Å². The van der Waals surface area contributed by atoms with Gasteiger partial charge in [0.15, 0.2) is 0 Å². The molecule has 0 spiro atoms. The number of rotatable bonds is 3. The molecule has 0 aliphatic carbocycles. The van der Waals surface area contributed by atoms with Gasteiger partial charge < -0.3 is 10.2 Å². The van der Waals surface area contributed by atoms with Crippen molar-refractivity contribution in [3.63, 3.8) is 0 Å². The van der Waals surface area contributed by atoms with Gasteiger partial charge in [0.05, 0.1) is 17.1 Å². The highest BCUT2D eigenvalue weighted by Gasteiger charge is 2.14. The van der Waals surface area contributed by atoms with Gasteiger partial charge >= 0.3 is 0 Å². The fraction of sp³-hybridized carbons (Fsp3) is 0.353. The molecule has 22 heavy (non-hydrogen) atoms. The summed E-state index contributed by atoms with van der Waals surface area (Å²) in [6.45, 7) is 7.77. The van der Waals surface area contributed by atoms with Crippen molar-refractivity contribution in [3.05, 3.63) is 46.3 Å². The summed E-state index contributed by atoms with van der Waals surface area (Å²) in [7, 11) is 3.78. The predicted molar refractivity (Wildman–Crippen MR) is 89.7 cm³/mol. The van der Waals surface area contributed by atoms with Gasteiger partial charge in [-0.2, -0.15) is 0 Å². The molecule has 0 aliphatic rings. The molecule has 2 rings (SSSR count). The van der Waals surface area contributed by atoms with Gasteiger partial charge in [0.25, 0.3) is 5.91 Å². The van der Waals surface area contributed by atoms with Crippen molar-refractivity contribution in [1.82, 2.24) is 9.97 Å². The van der Waals surface area contributed by atoms with E-state index in [9.17, 15) is 4.79 Å². The van der Waals surface area contributed by atoms with Crippen molar-refractivity contribution in [3.8, 4) is 0 Å². The molecule has 1 N–H and O–H groups in total. The number of nitrogens with zero attached hydrogens (tertiary/aromatic N) is 3. The lowest BCUT2D eigenvalue weighted by Gasteiger charge is -2.16. The average molecular weight is 298 g/mol. The van der Waals surface area contributed by atoms with Crippen LogP contribution in [-0.2, 0) is 0 Å². The molecule has 0 unspecified atom stereocenters. The zero-order chi connectivity index (χ0) is 16.4. The number of hydrogen-bond acceptors (Lipinski definition) is 4. The molecule has 0 atom stereocenters. The monoisotopic (exact) mass is 298 g/mol. The molecular formula is C17H22N4O. The van der Waals surface area contributed by atoms with Crippen molar-refractivity contribution in [2.45, 2.75) is 27.7 Å². The summed E-state index contributed by atoms with van der Waals surface area (Å²) in [5.41, 5.74) is 5.09. The molecule has 0 bridgehead atoms. The maximum atomic E-state index is 12.4. The second kappa shape index (κ2) is 6.13. The van der Waals surface area contributed by atoms with Crippen LogP contribution in [-0.4, -0.2) is 30.0 Å². The lowest BCUT2D eigenvalue weighted by atomic mass is 10.1. The molecule has 0 aliphatic heterocycles. The van der Waals surface area contributed by atoms with Gasteiger partial charge in [-0.05, 0) is 51.0 Å². The number of aromatic nitrogens is 2. The largest absolute Gasteiger partial charge is 0.347 e. The Morgan fingerprint density at radius 1 is 1.00 bits per heavy atom. The molecule has 0 fully saturated rings. The Kier molecular flexibility index (Phi) is 4.45. The van der Waals surface area contributed by atoms with E-state index in [4.69, 9.17) is 0 Å². The van der Waals surface area contributed by atoms with Crippen LogP contribution >= 0.6 is 0 Å². The first-order valence-corrected chi connectivity index (χ1v) is 7.20. The highest BCUT2D eigenvalue weighted by molar-refractivity contribution is 6.05. The summed E-state index contributed by atoms with van der Waals surface area (Å²) in [4.78, 5) is 23.1. The Labute approximate surface area is 131 Å². The minimum absolute atomic E-state index is 0.143. The lowest BCUT2D eigenvalue weighted by Crippen LogP contribution is -2.18. The maximum absolute atomic E-state index is 12.4. The first-order chi connectivity index (χ1) is 10.3. The first kappa shape index (κ1) is 15.9. The Bertz CT molecular complexity index is 700. The van der Waals surface area contributed by atoms with Gasteiger partial charge in [-0.15, -0.1) is 0 Å². The Morgan fingerprint density at radius 3 is 2.09 bits per heavy atom. The summed E-state index contributed by atoms with van der Waals surface area (Å²) < 4.78 is 0. The predicted octanol–water partition coefficient (Wildman–Crippen LogP) is 3.03. The highest BCUT2D eigenvalue weighted by Crippen LogP contribution is 2.21. The van der Waals surface area contributed by atoms with E-state index in [1.165, 1.54) is 5.56 Å². The normalized spacial score (nSPS) is 10.5. The smallest absolute Gasteiger partial charge is 0.255 e. The standard InChI is InChI=1S/C17H22N4O/c1-10-7-8-14(9-11(10)2)16(22)20-15-12(3)18-17(21(5)6)19-13(15)4/h7-9H,1-6H3,(H,20,22). The molecule has 5 heteroatoms. The van der Waals surface area contributed by atoms with E-state index in [0.717, 1.165) is 17.0 Å². The van der Waals surface area contributed by atoms with E-state index in [-0.39, 0.29) is 5.91 Å². The van der Waals surface area contributed by atoms with E-state index in [2.05, 4.69) is 15.3 Å². The Balaban J connectivity index is 2.30. The second-order valence-corrected chi connectivity index (χ2v) is 5.72. The number of benzene rings is 1. The molecule has 5 nitrogen and oxygen atoms in total. The summed E-state index contributed by atoms with van der Waals surface area (Å²) in [5, 5.41) is 2.93. The molecule has 1 aromatic heterocycles. The fourth-order valence-corrected chi connectivity index (χ4v) is 2.15. The average Bonchev–Trinajstić information content (AvgIpc) is 2.45. The van der Waals surface area contributed by atoms with Crippen LogP contribution < -0.4 is 10.2 Å². The molecule has 116 valence electrons. The third kappa shape index (κ3) is 3.24. The van der Waals surface area contributed by atoms with Gasteiger partial charge in [-0.25, -0.2) is 9.97 Å². The van der Waals surface area contributed by atoms with E-state index >= 15 is 0 Å². The van der Waals surface area contributed by atoms with Crippen LogP contribution in [0.2, 0.25) is 0 Å². The molecule has 0 radical (unpaired) electrons. The zero-order valence-electron chi connectivity index (χ0n) is 14.0. The summed E-state index contributed by atoms with van der Waals surface area (Å²) in [5.74, 6) is 0.495. The van der Waals surface area contributed by atoms with Crippen molar-refractivity contribution in [2.24, 2.45) is 0 Å². The number of nitrogens with one attached hydrogen (secondary N) is 1. The topological polar surface area (TPSA) is 58.1 Å².